The molecule has 0 bridgehead atoms. The highest BCUT2D eigenvalue weighted by Crippen LogP contribution is 2.50. The Bertz CT molecular complexity index is 491. The molecule has 0 radical (unpaired) electrons. The van der Waals surface area contributed by atoms with Crippen molar-refractivity contribution in [1.29, 1.82) is 0 Å². The molecule has 2 fully saturated rings. The van der Waals surface area contributed by atoms with Crippen molar-refractivity contribution in [3.63, 3.8) is 0 Å². The van der Waals surface area contributed by atoms with Gasteiger partial charge in [0.1, 0.15) is 0 Å². The average Bonchev–Trinajstić information content (AvgIpc) is 3.16. The third-order valence-corrected chi connectivity index (χ3v) is 6.43. The van der Waals surface area contributed by atoms with Gasteiger partial charge >= 0.3 is 0 Å². The molecule has 2 aliphatic rings. The monoisotopic (exact) mass is 421 g/mol. The fourth-order valence-electron chi connectivity index (χ4n) is 5.07. The summed E-state index contributed by atoms with van der Waals surface area (Å²) in [4.78, 5) is 0. The van der Waals surface area contributed by atoms with Crippen molar-refractivity contribution in [3.8, 4) is 0 Å². The van der Waals surface area contributed by atoms with Crippen molar-refractivity contribution in [2.45, 2.75) is 130 Å². The smallest absolute Gasteiger partial charge is 0.0721 e. The molecule has 5 atom stereocenters. The van der Waals surface area contributed by atoms with Gasteiger partial charge in [-0.25, -0.2) is 0 Å². The molecule has 0 spiro atoms. The third-order valence-electron chi connectivity index (χ3n) is 6.43. The Balaban J connectivity index is 0.000000553. The van der Waals surface area contributed by atoms with E-state index in [1.54, 1.807) is 5.57 Å². The first-order valence-electron chi connectivity index (χ1n) is 12.8. The Labute approximate surface area is 187 Å². The summed E-state index contributed by atoms with van der Waals surface area (Å²) in [6.07, 6.45) is 17.3. The second-order valence-corrected chi connectivity index (χ2v) is 10.1. The van der Waals surface area contributed by atoms with Gasteiger partial charge in [0.2, 0.25) is 0 Å². The summed E-state index contributed by atoms with van der Waals surface area (Å²) in [5, 5.41) is 23.8. The van der Waals surface area contributed by atoms with E-state index in [1.165, 1.54) is 38.5 Å². The molecule has 0 unspecified atom stereocenters. The molecule has 176 valence electrons. The van der Waals surface area contributed by atoms with Gasteiger partial charge in [-0.1, -0.05) is 97.4 Å². The van der Waals surface area contributed by atoms with Crippen LogP contribution in [0, 0.1) is 17.8 Å². The van der Waals surface area contributed by atoms with E-state index in [0.717, 1.165) is 25.7 Å². The van der Waals surface area contributed by atoms with E-state index < -0.39 is 0 Å². The predicted octanol–water partition coefficient (Wildman–Crippen LogP) is 6.40. The summed E-state index contributed by atoms with van der Waals surface area (Å²) in [5.74, 6) is 1.50. The van der Waals surface area contributed by atoms with E-state index in [0.29, 0.717) is 23.9 Å². The number of hydrogen-bond acceptors (Lipinski definition) is 3. The number of aliphatic hydroxyl groups is 2. The Morgan fingerprint density at radius 2 is 1.67 bits per heavy atom. The highest BCUT2D eigenvalue weighted by molar-refractivity contribution is 5.17. The third kappa shape index (κ3) is 10.6. The van der Waals surface area contributed by atoms with Gasteiger partial charge in [0.25, 0.3) is 0 Å². The van der Waals surface area contributed by atoms with Crippen LogP contribution in [0.3, 0.4) is 0 Å². The van der Waals surface area contributed by atoms with E-state index in [9.17, 15) is 10.2 Å². The van der Waals surface area contributed by atoms with Gasteiger partial charge in [0.05, 0.1) is 12.2 Å². The minimum atomic E-state index is -0.339. The van der Waals surface area contributed by atoms with Crippen molar-refractivity contribution in [1.82, 2.24) is 5.32 Å². The van der Waals surface area contributed by atoms with Crippen molar-refractivity contribution in [2.75, 3.05) is 0 Å². The van der Waals surface area contributed by atoms with E-state index in [1.807, 2.05) is 6.08 Å². The Morgan fingerprint density at radius 1 is 1.00 bits per heavy atom. The largest absolute Gasteiger partial charge is 0.392 e. The molecule has 0 heterocycles. The molecular weight excluding hydrogens is 370 g/mol. The Hall–Kier alpha value is -0.640. The summed E-state index contributed by atoms with van der Waals surface area (Å²) >= 11 is 0. The summed E-state index contributed by atoms with van der Waals surface area (Å²) in [6, 6.07) is 1.25. The number of nitrogens with one attached hydrogen (secondary N) is 1. The van der Waals surface area contributed by atoms with Crippen LogP contribution >= 0.6 is 0 Å². The first-order chi connectivity index (χ1) is 14.3. The van der Waals surface area contributed by atoms with Crippen LogP contribution in [0.15, 0.2) is 23.8 Å². The predicted molar refractivity (Wildman–Crippen MR) is 131 cm³/mol. The molecule has 0 aromatic rings. The van der Waals surface area contributed by atoms with E-state index in [2.05, 4.69) is 59.0 Å². The summed E-state index contributed by atoms with van der Waals surface area (Å²) in [6.45, 7) is 13.0. The minimum absolute atomic E-state index is 0.207. The van der Waals surface area contributed by atoms with Crippen LogP contribution in [-0.4, -0.2) is 34.5 Å². The average molecular weight is 422 g/mol. The minimum Gasteiger partial charge on any atom is -0.392 e. The standard InChI is InChI=1S/C21H36O2.C6H15N/c1-3-5-7-9-16-13-17-15-21(23)19(20(17)14-16)12-11-18(22)10-8-6-4-2;1-5(2)7-6(3)4/h9,11-12,17-23H,3-8,10,13-15H2,1-2H3;5-7H,1-4H3/t17-,18-,19+,20-,21+;/m0./s1. The number of unbranched alkanes of at least 4 members (excludes halogenated alkanes) is 4. The fraction of sp³-hybridized carbons (Fsp3) is 0.852. The zero-order valence-corrected chi connectivity index (χ0v) is 20.7. The molecule has 0 amide bonds. The summed E-state index contributed by atoms with van der Waals surface area (Å²) in [5.41, 5.74) is 1.61. The lowest BCUT2D eigenvalue weighted by Crippen LogP contribution is -2.29. The van der Waals surface area contributed by atoms with Crippen molar-refractivity contribution < 1.29 is 10.2 Å². The van der Waals surface area contributed by atoms with Gasteiger partial charge < -0.3 is 15.5 Å². The first-order valence-corrected chi connectivity index (χ1v) is 12.8. The molecule has 2 rings (SSSR count). The van der Waals surface area contributed by atoms with Crippen LogP contribution in [0.1, 0.15) is 106 Å². The highest BCUT2D eigenvalue weighted by atomic mass is 16.3. The van der Waals surface area contributed by atoms with Gasteiger partial charge in [-0.2, -0.15) is 0 Å². The zero-order valence-electron chi connectivity index (χ0n) is 20.7. The summed E-state index contributed by atoms with van der Waals surface area (Å²) in [7, 11) is 0. The second kappa shape index (κ2) is 15.2. The van der Waals surface area contributed by atoms with Gasteiger partial charge in [0, 0.05) is 18.0 Å². The van der Waals surface area contributed by atoms with E-state index in [4.69, 9.17) is 0 Å². The fourth-order valence-corrected chi connectivity index (χ4v) is 5.07. The lowest BCUT2D eigenvalue weighted by atomic mass is 9.90. The van der Waals surface area contributed by atoms with E-state index >= 15 is 0 Å². The molecule has 3 nitrogen and oxygen atoms in total. The quantitative estimate of drug-likeness (QED) is 0.267. The number of allylic oxidation sites excluding steroid dienone is 2. The number of fused-ring (bicyclic) bond motifs is 1. The first kappa shape index (κ1) is 27.4. The number of rotatable bonds is 11. The maximum Gasteiger partial charge on any atom is 0.0721 e. The van der Waals surface area contributed by atoms with E-state index in [-0.39, 0.29) is 18.1 Å². The van der Waals surface area contributed by atoms with Gasteiger partial charge in [-0.05, 0) is 43.9 Å². The number of hydrogen-bond donors (Lipinski definition) is 3. The topological polar surface area (TPSA) is 52.5 Å². The lowest BCUT2D eigenvalue weighted by Gasteiger charge is -2.17. The second-order valence-electron chi connectivity index (χ2n) is 10.1. The molecule has 3 N–H and O–H groups in total. The molecule has 0 aliphatic heterocycles. The molecule has 2 saturated carbocycles. The van der Waals surface area contributed by atoms with Crippen LogP contribution in [0.5, 0.6) is 0 Å². The normalized spacial score (nSPS) is 28.4. The van der Waals surface area contributed by atoms with Crippen molar-refractivity contribution >= 4 is 0 Å². The maximum absolute atomic E-state index is 10.4. The molecule has 0 aromatic heterocycles. The van der Waals surface area contributed by atoms with Crippen LogP contribution in [0.2, 0.25) is 0 Å². The lowest BCUT2D eigenvalue weighted by molar-refractivity contribution is 0.139. The molecule has 30 heavy (non-hydrogen) atoms. The van der Waals surface area contributed by atoms with Gasteiger partial charge in [0.15, 0.2) is 0 Å². The Morgan fingerprint density at radius 3 is 2.23 bits per heavy atom. The molecule has 2 aliphatic carbocycles. The molecule has 3 heteroatoms. The van der Waals surface area contributed by atoms with Gasteiger partial charge in [-0.15, -0.1) is 0 Å². The molecule has 0 saturated heterocycles. The maximum atomic E-state index is 10.4. The summed E-state index contributed by atoms with van der Waals surface area (Å²) < 4.78 is 0. The van der Waals surface area contributed by atoms with Crippen LogP contribution in [-0.2, 0) is 0 Å². The van der Waals surface area contributed by atoms with Crippen LogP contribution in [0.4, 0.5) is 0 Å². The van der Waals surface area contributed by atoms with Crippen LogP contribution in [0.25, 0.3) is 0 Å². The zero-order chi connectivity index (χ0) is 22.5. The van der Waals surface area contributed by atoms with Gasteiger partial charge in [-0.3, -0.25) is 0 Å². The SMILES string of the molecule is CC(C)NC(C)C.CCCCC=C1C[C@H]2C[C@@H](O)[C@H](C=C[C@@H](O)CCCCC)[C@H]2C1. The molecular formula is C27H51NO2. The van der Waals surface area contributed by atoms with Crippen molar-refractivity contribution in [2.24, 2.45) is 17.8 Å². The highest BCUT2D eigenvalue weighted by Gasteiger charge is 2.44. The van der Waals surface area contributed by atoms with Crippen molar-refractivity contribution in [3.05, 3.63) is 23.8 Å². The molecule has 0 aromatic carbocycles. The van der Waals surface area contributed by atoms with Crippen LogP contribution < -0.4 is 5.32 Å². The number of aliphatic hydroxyl groups excluding tert-OH is 2. The Kier molecular flexibility index (Phi) is 13.9.